The van der Waals surface area contributed by atoms with E-state index in [1.54, 1.807) is 7.11 Å². The maximum absolute atomic E-state index is 5.98. The fraction of sp³-hybridized carbons (Fsp3) is 0.316. The first-order chi connectivity index (χ1) is 11.2. The molecule has 4 nitrogen and oxygen atoms in total. The molecule has 2 heterocycles. The van der Waals surface area contributed by atoms with Gasteiger partial charge in [0.1, 0.15) is 19.1 Å². The number of furan rings is 1. The third-order valence-electron chi connectivity index (χ3n) is 4.32. The van der Waals surface area contributed by atoms with Crippen molar-refractivity contribution >= 4 is 16.5 Å². The van der Waals surface area contributed by atoms with Crippen molar-refractivity contribution in [2.45, 2.75) is 13.8 Å². The second-order valence-corrected chi connectivity index (χ2v) is 5.51. The van der Waals surface area contributed by atoms with Crippen LogP contribution in [0.3, 0.4) is 0 Å². The van der Waals surface area contributed by atoms with Crippen molar-refractivity contribution in [2.24, 2.45) is 7.05 Å². The van der Waals surface area contributed by atoms with Gasteiger partial charge in [-0.05, 0) is 32.0 Å². The Morgan fingerprint density at radius 1 is 1.12 bits per heavy atom. The van der Waals surface area contributed by atoms with Gasteiger partial charge >= 0.3 is 0 Å². The summed E-state index contributed by atoms with van der Waals surface area (Å²) in [5, 5.41) is 2.12. The van der Waals surface area contributed by atoms with E-state index in [1.165, 1.54) is 5.69 Å². The van der Waals surface area contributed by atoms with E-state index in [0.29, 0.717) is 0 Å². The zero-order chi connectivity index (χ0) is 16.4. The third kappa shape index (κ3) is 3.09. The summed E-state index contributed by atoms with van der Waals surface area (Å²) >= 11 is 0. The summed E-state index contributed by atoms with van der Waals surface area (Å²) in [6.45, 7) is 6.24. The van der Waals surface area contributed by atoms with Gasteiger partial charge in [0, 0.05) is 36.3 Å². The Bertz CT molecular complexity index is 825. The van der Waals surface area contributed by atoms with Crippen LogP contribution in [0.2, 0.25) is 0 Å². The Morgan fingerprint density at radius 3 is 2.50 bits per heavy atom. The molecule has 5 heteroatoms. The molecule has 0 unspecified atom stereocenters. The van der Waals surface area contributed by atoms with Gasteiger partial charge in [-0.3, -0.25) is 0 Å². The normalized spacial score (nSPS) is 10.5. The molecule has 0 bridgehead atoms. The summed E-state index contributed by atoms with van der Waals surface area (Å²) < 4.78 is 13.6. The van der Waals surface area contributed by atoms with Crippen LogP contribution in [0.15, 0.2) is 47.2 Å². The maximum Gasteiger partial charge on any atom is 0.248 e. The zero-order valence-electron chi connectivity index (χ0n) is 14.5. The molecule has 24 heavy (non-hydrogen) atoms. The number of rotatable bonds is 5. The van der Waals surface area contributed by atoms with Gasteiger partial charge in [-0.2, -0.15) is 4.57 Å². The number of fused-ring (bicyclic) bond motifs is 1. The van der Waals surface area contributed by atoms with Crippen molar-refractivity contribution in [1.82, 2.24) is 0 Å². The molecule has 0 N–H and O–H groups in total. The third-order valence-corrected chi connectivity index (χ3v) is 4.32. The number of benzene rings is 1. The van der Waals surface area contributed by atoms with Crippen LogP contribution in [0.25, 0.3) is 22.2 Å². The molecule has 0 amide bonds. The number of aromatic nitrogens is 1. The van der Waals surface area contributed by atoms with Gasteiger partial charge in [0.15, 0.2) is 6.20 Å². The molecule has 3 aromatic rings. The molecule has 128 valence electrons. The number of hydrogen-bond donors (Lipinski definition) is 0. The average Bonchev–Trinajstić information content (AvgIpc) is 3.01. The second-order valence-electron chi connectivity index (χ2n) is 5.51. The SMILES string of the molecule is CCN(CC)c1ccc(OC)c2c(-c3cccc[n+]3C)occ12.[I-]. The molecule has 0 radical (unpaired) electrons. The van der Waals surface area contributed by atoms with Crippen molar-refractivity contribution in [2.75, 3.05) is 25.1 Å². The highest BCUT2D eigenvalue weighted by atomic mass is 127. The lowest BCUT2D eigenvalue weighted by Gasteiger charge is -2.22. The predicted octanol–water partition coefficient (Wildman–Crippen LogP) is 0.783. The molecule has 0 atom stereocenters. The van der Waals surface area contributed by atoms with E-state index in [9.17, 15) is 0 Å². The van der Waals surface area contributed by atoms with Crippen LogP contribution >= 0.6 is 0 Å². The first kappa shape index (κ1) is 18.6. The van der Waals surface area contributed by atoms with Gasteiger partial charge < -0.3 is 38.0 Å². The van der Waals surface area contributed by atoms with Crippen molar-refractivity contribution in [3.8, 4) is 17.2 Å². The second kappa shape index (κ2) is 7.88. The number of pyridine rings is 1. The van der Waals surface area contributed by atoms with Gasteiger partial charge in [0.2, 0.25) is 11.5 Å². The molecule has 0 fully saturated rings. The molecule has 2 aromatic heterocycles. The highest BCUT2D eigenvalue weighted by molar-refractivity contribution is 6.04. The van der Waals surface area contributed by atoms with Crippen LogP contribution in [-0.2, 0) is 7.05 Å². The van der Waals surface area contributed by atoms with E-state index in [0.717, 1.165) is 41.1 Å². The molecular weight excluding hydrogens is 415 g/mol. The number of aryl methyl sites for hydroxylation is 1. The molecule has 0 spiro atoms. The van der Waals surface area contributed by atoms with Gasteiger partial charge in [-0.1, -0.05) is 0 Å². The topological polar surface area (TPSA) is 29.5 Å². The molecule has 3 rings (SSSR count). The van der Waals surface area contributed by atoms with E-state index in [-0.39, 0.29) is 24.0 Å². The van der Waals surface area contributed by atoms with Crippen molar-refractivity contribution in [3.63, 3.8) is 0 Å². The van der Waals surface area contributed by atoms with Crippen LogP contribution < -0.4 is 38.2 Å². The molecule has 0 saturated heterocycles. The van der Waals surface area contributed by atoms with E-state index in [4.69, 9.17) is 9.15 Å². The Kier molecular flexibility index (Phi) is 6.10. The van der Waals surface area contributed by atoms with Gasteiger partial charge in [-0.25, -0.2) is 0 Å². The zero-order valence-corrected chi connectivity index (χ0v) is 16.7. The van der Waals surface area contributed by atoms with Crippen LogP contribution in [0, 0.1) is 0 Å². The minimum absolute atomic E-state index is 0. The Balaban J connectivity index is 0.00000208. The Hall–Kier alpha value is -1.76. The maximum atomic E-state index is 5.98. The van der Waals surface area contributed by atoms with E-state index < -0.39 is 0 Å². The summed E-state index contributed by atoms with van der Waals surface area (Å²) in [6.07, 6.45) is 3.86. The van der Waals surface area contributed by atoms with Gasteiger partial charge in [0.05, 0.1) is 12.5 Å². The fourth-order valence-electron chi connectivity index (χ4n) is 3.08. The smallest absolute Gasteiger partial charge is 0.248 e. The number of halogens is 1. The van der Waals surface area contributed by atoms with E-state index in [2.05, 4.69) is 35.4 Å². The Labute approximate surface area is 160 Å². The standard InChI is InChI=1S/C19H23N2O2.HI/c1-5-21(6-2)15-10-11-17(22-4)18-14(15)13-23-19(18)16-9-7-8-12-20(16)3;/h7-13H,5-6H2,1-4H3;1H/q+1;/p-1. The number of anilines is 1. The van der Waals surface area contributed by atoms with Crippen molar-refractivity contribution < 1.29 is 37.7 Å². The number of nitrogens with zero attached hydrogens (tertiary/aromatic N) is 2. The van der Waals surface area contributed by atoms with Crippen molar-refractivity contribution in [3.05, 3.63) is 42.8 Å². The lowest BCUT2D eigenvalue weighted by Crippen LogP contribution is -3.00. The Morgan fingerprint density at radius 2 is 1.88 bits per heavy atom. The average molecular weight is 438 g/mol. The first-order valence-corrected chi connectivity index (χ1v) is 7.99. The number of methoxy groups -OCH3 is 1. The van der Waals surface area contributed by atoms with Crippen LogP contribution in [0.1, 0.15) is 13.8 Å². The fourth-order valence-corrected chi connectivity index (χ4v) is 3.08. The molecular formula is C19H23IN2O2. The summed E-state index contributed by atoms with van der Waals surface area (Å²) in [5.74, 6) is 1.68. The monoisotopic (exact) mass is 438 g/mol. The number of ether oxygens (including phenoxy) is 1. The highest BCUT2D eigenvalue weighted by Gasteiger charge is 2.22. The minimum atomic E-state index is 0. The predicted molar refractivity (Wildman–Crippen MR) is 92.9 cm³/mol. The molecule has 0 saturated carbocycles. The minimum Gasteiger partial charge on any atom is -1.00 e. The highest BCUT2D eigenvalue weighted by Crippen LogP contribution is 2.40. The van der Waals surface area contributed by atoms with Gasteiger partial charge in [-0.15, -0.1) is 0 Å². The van der Waals surface area contributed by atoms with E-state index in [1.807, 2.05) is 37.7 Å². The largest absolute Gasteiger partial charge is 1.00 e. The molecule has 0 aliphatic carbocycles. The summed E-state index contributed by atoms with van der Waals surface area (Å²) in [6, 6.07) is 10.2. The first-order valence-electron chi connectivity index (χ1n) is 7.99. The quantitative estimate of drug-likeness (QED) is 0.436. The molecule has 0 aliphatic heterocycles. The molecule has 1 aromatic carbocycles. The van der Waals surface area contributed by atoms with Crippen LogP contribution in [0.5, 0.6) is 5.75 Å². The van der Waals surface area contributed by atoms with Crippen LogP contribution in [0.4, 0.5) is 5.69 Å². The molecule has 0 aliphatic rings. The summed E-state index contributed by atoms with van der Waals surface area (Å²) in [4.78, 5) is 2.33. The number of hydrogen-bond acceptors (Lipinski definition) is 3. The van der Waals surface area contributed by atoms with Crippen LogP contribution in [-0.4, -0.2) is 20.2 Å². The lowest BCUT2D eigenvalue weighted by atomic mass is 10.1. The van der Waals surface area contributed by atoms with Crippen molar-refractivity contribution in [1.29, 1.82) is 0 Å². The van der Waals surface area contributed by atoms with E-state index >= 15 is 0 Å². The summed E-state index contributed by atoms with van der Waals surface area (Å²) in [5.41, 5.74) is 2.21. The summed E-state index contributed by atoms with van der Waals surface area (Å²) in [7, 11) is 3.72. The lowest BCUT2D eigenvalue weighted by molar-refractivity contribution is -0.660. The van der Waals surface area contributed by atoms with Gasteiger partial charge in [0.25, 0.3) is 0 Å².